The van der Waals surface area contributed by atoms with Gasteiger partial charge < -0.3 is 19.5 Å². The molecule has 0 aliphatic rings. The van der Waals surface area contributed by atoms with Crippen LogP contribution in [0.3, 0.4) is 0 Å². The van der Waals surface area contributed by atoms with Crippen molar-refractivity contribution in [3.05, 3.63) is 59.7 Å². The maximum Gasteiger partial charge on any atom is 0.220 e. The first kappa shape index (κ1) is 26.5. The molecule has 33 heavy (non-hydrogen) atoms. The zero-order valence-electron chi connectivity index (χ0n) is 17.8. The Labute approximate surface area is 212 Å². The number of pyridine rings is 1. The number of halogens is 2. The van der Waals surface area contributed by atoms with E-state index in [2.05, 4.69) is 25.3 Å². The van der Waals surface area contributed by atoms with Gasteiger partial charge in [-0.3, -0.25) is 0 Å². The second-order valence-corrected chi connectivity index (χ2v) is 8.09. The topological polar surface area (TPSA) is 91.3 Å². The zero-order valence-corrected chi connectivity index (χ0v) is 21.1. The van der Waals surface area contributed by atoms with E-state index in [1.807, 2.05) is 48.7 Å². The molecule has 4 aromatic rings. The van der Waals surface area contributed by atoms with Crippen LogP contribution in [-0.4, -0.2) is 34.2 Å². The van der Waals surface area contributed by atoms with Gasteiger partial charge in [-0.1, -0.05) is 18.2 Å². The molecule has 0 amide bonds. The number of hydrogen-bond acceptors (Lipinski definition) is 10. The average molecular weight is 526 g/mol. The molecule has 12 heteroatoms. The van der Waals surface area contributed by atoms with Crippen molar-refractivity contribution in [2.24, 2.45) is 0 Å². The van der Waals surface area contributed by atoms with E-state index in [1.54, 1.807) is 26.5 Å². The number of aryl methyl sites for hydroxylation is 1. The first-order chi connectivity index (χ1) is 15.1. The van der Waals surface area contributed by atoms with Crippen LogP contribution in [0.5, 0.6) is 23.3 Å². The van der Waals surface area contributed by atoms with Crippen LogP contribution in [0.15, 0.2) is 64.1 Å². The lowest BCUT2D eigenvalue weighted by Crippen LogP contribution is -1.98. The first-order valence-electron chi connectivity index (χ1n) is 9.20. The minimum absolute atomic E-state index is 0. The lowest BCUT2D eigenvalue weighted by Gasteiger charge is -2.12. The highest BCUT2D eigenvalue weighted by molar-refractivity contribution is 7.99. The highest BCUT2D eigenvalue weighted by Crippen LogP contribution is 2.36. The summed E-state index contributed by atoms with van der Waals surface area (Å²) in [6.45, 7) is 1.94. The monoisotopic (exact) mass is 525 g/mol. The highest BCUT2D eigenvalue weighted by Gasteiger charge is 2.14. The van der Waals surface area contributed by atoms with Crippen LogP contribution in [-0.2, 0) is 0 Å². The maximum atomic E-state index is 6.10. The van der Waals surface area contributed by atoms with Gasteiger partial charge in [0.05, 0.1) is 26.0 Å². The number of anilines is 2. The van der Waals surface area contributed by atoms with Crippen LogP contribution in [0.4, 0.5) is 10.9 Å². The van der Waals surface area contributed by atoms with E-state index in [4.69, 9.17) is 14.2 Å². The van der Waals surface area contributed by atoms with Crippen LogP contribution in [0.2, 0.25) is 0 Å². The Morgan fingerprint density at radius 2 is 1.64 bits per heavy atom. The summed E-state index contributed by atoms with van der Waals surface area (Å²) in [7, 11) is 3.09. The number of benzene rings is 1. The van der Waals surface area contributed by atoms with Gasteiger partial charge in [-0.2, -0.15) is 9.97 Å². The Morgan fingerprint density at radius 3 is 2.24 bits per heavy atom. The second-order valence-electron chi connectivity index (χ2n) is 6.19. The minimum Gasteiger partial charge on any atom is -0.481 e. The molecule has 4 rings (SSSR count). The molecule has 0 saturated heterocycles. The van der Waals surface area contributed by atoms with Crippen molar-refractivity contribution in [1.82, 2.24) is 19.9 Å². The van der Waals surface area contributed by atoms with Crippen molar-refractivity contribution >= 4 is 58.9 Å². The van der Waals surface area contributed by atoms with Crippen LogP contribution in [0.25, 0.3) is 0 Å². The minimum atomic E-state index is 0. The van der Waals surface area contributed by atoms with Gasteiger partial charge in [-0.05, 0) is 30.8 Å². The summed E-state index contributed by atoms with van der Waals surface area (Å²) in [5, 5.41) is 6.41. The molecule has 0 unspecified atom stereocenters. The highest BCUT2D eigenvalue weighted by atomic mass is 35.5. The third-order valence-electron chi connectivity index (χ3n) is 3.93. The maximum absolute atomic E-state index is 6.10. The molecule has 0 aliphatic carbocycles. The molecule has 0 bridgehead atoms. The number of aromatic nitrogens is 4. The number of para-hydroxylation sites is 1. The van der Waals surface area contributed by atoms with E-state index in [0.717, 1.165) is 15.7 Å². The number of hydrogen-bond donors (Lipinski definition) is 1. The number of nitrogens with zero attached hydrogens (tertiary/aromatic N) is 4. The van der Waals surface area contributed by atoms with Crippen molar-refractivity contribution in [3.8, 4) is 23.3 Å². The molecule has 8 nitrogen and oxygen atoms in total. The Kier molecular flexibility index (Phi) is 9.98. The molecule has 1 N–H and O–H groups in total. The van der Waals surface area contributed by atoms with Crippen molar-refractivity contribution in [1.29, 1.82) is 0 Å². The van der Waals surface area contributed by atoms with Crippen LogP contribution >= 0.6 is 47.9 Å². The van der Waals surface area contributed by atoms with E-state index in [0.29, 0.717) is 34.2 Å². The Morgan fingerprint density at radius 1 is 0.939 bits per heavy atom. The molecule has 0 aliphatic heterocycles. The summed E-state index contributed by atoms with van der Waals surface area (Å²) < 4.78 is 16.6. The summed E-state index contributed by atoms with van der Waals surface area (Å²) >= 11 is 2.83. The number of thiazole rings is 1. The number of nitrogens with one attached hydrogen (secondary N) is 1. The van der Waals surface area contributed by atoms with Gasteiger partial charge in [0.1, 0.15) is 5.75 Å². The molecule has 3 heterocycles. The lowest BCUT2D eigenvalue weighted by atomic mass is 10.3. The normalized spacial score (nSPS) is 9.91. The van der Waals surface area contributed by atoms with Gasteiger partial charge >= 0.3 is 0 Å². The standard InChI is InChI=1S/C21H19N5O3S2.2ClH/c1-13-12-30-20(23-13)26-19-16(29-14-7-5-4-6-8-14)9-15(11-22-19)31-21-24-17(27-2)10-18(25-21)28-3;;/h4-12H,1-3H3,(H,22,23,26);2*1H. The fourth-order valence-electron chi connectivity index (χ4n) is 2.53. The molecule has 0 fully saturated rings. The Bertz CT molecular complexity index is 1160. The molecule has 0 atom stereocenters. The van der Waals surface area contributed by atoms with Crippen molar-refractivity contribution in [2.45, 2.75) is 17.0 Å². The van der Waals surface area contributed by atoms with Gasteiger partial charge in [0.15, 0.2) is 21.9 Å². The van der Waals surface area contributed by atoms with Crippen molar-refractivity contribution in [2.75, 3.05) is 19.5 Å². The largest absolute Gasteiger partial charge is 0.481 e. The third kappa shape index (κ3) is 7.10. The predicted octanol–water partition coefficient (Wildman–Crippen LogP) is 6.18. The summed E-state index contributed by atoms with van der Waals surface area (Å²) in [6.07, 6.45) is 1.72. The van der Waals surface area contributed by atoms with Gasteiger partial charge in [0.25, 0.3) is 0 Å². The molecule has 1 aromatic carbocycles. The summed E-state index contributed by atoms with van der Waals surface area (Å²) in [6, 6.07) is 13.0. The second kappa shape index (κ2) is 12.4. The van der Waals surface area contributed by atoms with E-state index in [1.165, 1.54) is 23.1 Å². The van der Waals surface area contributed by atoms with Crippen LogP contribution in [0.1, 0.15) is 5.69 Å². The first-order valence-corrected chi connectivity index (χ1v) is 10.9. The fraction of sp³-hybridized carbons (Fsp3) is 0.143. The quantitative estimate of drug-likeness (QED) is 0.270. The van der Waals surface area contributed by atoms with Crippen molar-refractivity contribution in [3.63, 3.8) is 0 Å². The van der Waals surface area contributed by atoms with Gasteiger partial charge in [-0.25, -0.2) is 9.97 Å². The molecule has 0 radical (unpaired) electrons. The lowest BCUT2D eigenvalue weighted by molar-refractivity contribution is 0.364. The van der Waals surface area contributed by atoms with E-state index < -0.39 is 0 Å². The average Bonchev–Trinajstić information content (AvgIpc) is 3.20. The molecule has 3 aromatic heterocycles. The van der Waals surface area contributed by atoms with E-state index in [-0.39, 0.29) is 24.8 Å². The zero-order chi connectivity index (χ0) is 21.6. The molecular formula is C21H21Cl2N5O3S2. The molecule has 0 saturated carbocycles. The van der Waals surface area contributed by atoms with Crippen LogP contribution in [0, 0.1) is 6.92 Å². The Hall–Kier alpha value is -2.79. The smallest absolute Gasteiger partial charge is 0.220 e. The number of methoxy groups -OCH3 is 2. The van der Waals surface area contributed by atoms with Crippen LogP contribution < -0.4 is 19.5 Å². The summed E-state index contributed by atoms with van der Waals surface area (Å²) in [5.74, 6) is 2.65. The van der Waals surface area contributed by atoms with Crippen molar-refractivity contribution < 1.29 is 14.2 Å². The molecule has 0 spiro atoms. The summed E-state index contributed by atoms with van der Waals surface area (Å²) in [4.78, 5) is 18.5. The molecule has 174 valence electrons. The van der Waals surface area contributed by atoms with Gasteiger partial charge in [-0.15, -0.1) is 36.2 Å². The number of rotatable bonds is 8. The predicted molar refractivity (Wildman–Crippen MR) is 135 cm³/mol. The Balaban J connectivity index is 0.00000193. The SMILES string of the molecule is COc1cc(OC)nc(Sc2cnc(Nc3nc(C)cs3)c(Oc3ccccc3)c2)n1.Cl.Cl. The van der Waals surface area contributed by atoms with Gasteiger partial charge in [0, 0.05) is 22.5 Å². The summed E-state index contributed by atoms with van der Waals surface area (Å²) in [5.41, 5.74) is 0.939. The fourth-order valence-corrected chi connectivity index (χ4v) is 3.97. The molecular weight excluding hydrogens is 505 g/mol. The number of ether oxygens (including phenoxy) is 3. The third-order valence-corrected chi connectivity index (χ3v) is 5.63. The van der Waals surface area contributed by atoms with E-state index in [9.17, 15) is 0 Å². The van der Waals surface area contributed by atoms with Gasteiger partial charge in [0.2, 0.25) is 11.8 Å². The van der Waals surface area contributed by atoms with E-state index >= 15 is 0 Å².